The third kappa shape index (κ3) is 5.11. The van der Waals surface area contributed by atoms with Crippen LogP contribution in [-0.2, 0) is 14.3 Å². The van der Waals surface area contributed by atoms with E-state index in [0.29, 0.717) is 20.6 Å². The van der Waals surface area contributed by atoms with E-state index in [-0.39, 0.29) is 6.54 Å². The highest BCUT2D eigenvalue weighted by Crippen LogP contribution is 2.35. The van der Waals surface area contributed by atoms with Gasteiger partial charge >= 0.3 is 5.97 Å². The Morgan fingerprint density at radius 1 is 1.10 bits per heavy atom. The first kappa shape index (κ1) is 22.1. The summed E-state index contributed by atoms with van der Waals surface area (Å²) >= 11 is 13.6. The largest absolute Gasteiger partial charge is 0.454 e. The number of fused-ring (bicyclic) bond motifs is 1. The SMILES string of the molecule is Cc1cc(C)c(NC(=O)COC(=O)CNC(=O)c2sc3ccccc3c2Cl)c(Cl)c1. The first-order valence-corrected chi connectivity index (χ1v) is 10.5. The van der Waals surface area contributed by atoms with Crippen LogP contribution in [0.5, 0.6) is 0 Å². The molecular formula is C21H18Cl2N2O4S. The molecule has 0 saturated heterocycles. The monoisotopic (exact) mass is 464 g/mol. The van der Waals surface area contributed by atoms with Crippen molar-refractivity contribution < 1.29 is 19.1 Å². The third-order valence-electron chi connectivity index (χ3n) is 4.19. The van der Waals surface area contributed by atoms with Gasteiger partial charge in [0.15, 0.2) is 6.61 Å². The molecule has 0 atom stereocenters. The van der Waals surface area contributed by atoms with E-state index in [4.69, 9.17) is 27.9 Å². The van der Waals surface area contributed by atoms with Gasteiger partial charge in [0.1, 0.15) is 11.4 Å². The lowest BCUT2D eigenvalue weighted by molar-refractivity contribution is -0.146. The first-order valence-electron chi connectivity index (χ1n) is 8.93. The van der Waals surface area contributed by atoms with Crippen LogP contribution in [0.2, 0.25) is 10.0 Å². The van der Waals surface area contributed by atoms with Gasteiger partial charge in [-0.15, -0.1) is 11.3 Å². The number of rotatable bonds is 6. The van der Waals surface area contributed by atoms with Crippen LogP contribution in [0.25, 0.3) is 10.1 Å². The molecule has 0 fully saturated rings. The Kier molecular flexibility index (Phi) is 6.97. The van der Waals surface area contributed by atoms with Crippen molar-refractivity contribution in [3.8, 4) is 0 Å². The predicted molar refractivity (Wildman–Crippen MR) is 120 cm³/mol. The van der Waals surface area contributed by atoms with E-state index in [1.165, 1.54) is 11.3 Å². The van der Waals surface area contributed by atoms with Gasteiger partial charge in [-0.05, 0) is 37.1 Å². The Labute approximate surface area is 187 Å². The normalized spacial score (nSPS) is 10.7. The van der Waals surface area contributed by atoms with Crippen molar-refractivity contribution in [2.45, 2.75) is 13.8 Å². The van der Waals surface area contributed by atoms with Crippen molar-refractivity contribution in [2.75, 3.05) is 18.5 Å². The van der Waals surface area contributed by atoms with Gasteiger partial charge in [-0.1, -0.05) is 47.5 Å². The molecule has 2 N–H and O–H groups in total. The van der Waals surface area contributed by atoms with E-state index in [1.807, 2.05) is 44.2 Å². The quantitative estimate of drug-likeness (QED) is 0.516. The summed E-state index contributed by atoms with van der Waals surface area (Å²) in [6.07, 6.45) is 0. The Bertz CT molecular complexity index is 1120. The number of anilines is 1. The average molecular weight is 465 g/mol. The Morgan fingerprint density at radius 2 is 1.83 bits per heavy atom. The second-order valence-electron chi connectivity index (χ2n) is 6.57. The Balaban J connectivity index is 1.50. The Morgan fingerprint density at radius 3 is 2.53 bits per heavy atom. The minimum atomic E-state index is -0.748. The summed E-state index contributed by atoms with van der Waals surface area (Å²) in [7, 11) is 0. The molecule has 9 heteroatoms. The molecule has 2 aromatic carbocycles. The highest BCUT2D eigenvalue weighted by Gasteiger charge is 2.18. The topological polar surface area (TPSA) is 84.5 Å². The number of hydrogen-bond donors (Lipinski definition) is 2. The maximum absolute atomic E-state index is 12.3. The van der Waals surface area contributed by atoms with Gasteiger partial charge in [-0.2, -0.15) is 0 Å². The molecule has 0 saturated carbocycles. The summed E-state index contributed by atoms with van der Waals surface area (Å²) in [5, 5.41) is 6.60. The number of carbonyl (C=O) groups excluding carboxylic acids is 3. The van der Waals surface area contributed by atoms with Crippen LogP contribution >= 0.6 is 34.5 Å². The van der Waals surface area contributed by atoms with E-state index in [0.717, 1.165) is 21.2 Å². The van der Waals surface area contributed by atoms with Crippen molar-refractivity contribution in [1.29, 1.82) is 0 Å². The molecule has 156 valence electrons. The first-order chi connectivity index (χ1) is 14.3. The number of hydrogen-bond acceptors (Lipinski definition) is 5. The van der Waals surface area contributed by atoms with Crippen LogP contribution in [0.4, 0.5) is 5.69 Å². The maximum Gasteiger partial charge on any atom is 0.325 e. The minimum absolute atomic E-state index is 0.313. The van der Waals surface area contributed by atoms with Crippen LogP contribution in [0, 0.1) is 13.8 Å². The molecule has 3 aromatic rings. The molecule has 1 heterocycles. The number of aryl methyl sites for hydroxylation is 2. The molecule has 3 rings (SSSR count). The molecule has 0 spiro atoms. The second-order valence-corrected chi connectivity index (χ2v) is 8.41. The van der Waals surface area contributed by atoms with Crippen LogP contribution in [0.15, 0.2) is 36.4 Å². The van der Waals surface area contributed by atoms with Gasteiger partial charge in [0.2, 0.25) is 0 Å². The van der Waals surface area contributed by atoms with Crippen LogP contribution < -0.4 is 10.6 Å². The number of amides is 2. The summed E-state index contributed by atoms with van der Waals surface area (Å²) < 4.78 is 5.79. The molecule has 1 aromatic heterocycles. The zero-order valence-electron chi connectivity index (χ0n) is 16.2. The van der Waals surface area contributed by atoms with Gasteiger partial charge in [-0.3, -0.25) is 14.4 Å². The van der Waals surface area contributed by atoms with Crippen LogP contribution in [0.1, 0.15) is 20.8 Å². The fourth-order valence-corrected chi connectivity index (χ4v) is 4.64. The number of thiophene rings is 1. The number of halogens is 2. The zero-order chi connectivity index (χ0) is 21.8. The van der Waals surface area contributed by atoms with Crippen LogP contribution in [0.3, 0.4) is 0 Å². The second kappa shape index (κ2) is 9.47. The number of nitrogens with one attached hydrogen (secondary N) is 2. The van der Waals surface area contributed by atoms with Crippen molar-refractivity contribution in [3.05, 3.63) is 62.4 Å². The summed E-state index contributed by atoms with van der Waals surface area (Å²) in [4.78, 5) is 36.6. The predicted octanol–water partition coefficient (Wildman–Crippen LogP) is 4.74. The molecule has 2 amide bonds. The summed E-state index contributed by atoms with van der Waals surface area (Å²) in [5.41, 5.74) is 2.24. The van der Waals surface area contributed by atoms with E-state index in [1.54, 1.807) is 6.07 Å². The molecule has 0 aliphatic rings. The number of carbonyl (C=O) groups is 3. The number of esters is 1. The highest BCUT2D eigenvalue weighted by atomic mass is 35.5. The van der Waals surface area contributed by atoms with Crippen molar-refractivity contribution in [1.82, 2.24) is 5.32 Å². The third-order valence-corrected chi connectivity index (χ3v) is 6.17. The average Bonchev–Trinajstić information content (AvgIpc) is 3.04. The highest BCUT2D eigenvalue weighted by molar-refractivity contribution is 7.21. The standard InChI is InChI=1S/C21H18Cl2N2O4S/c1-11-7-12(2)19(14(22)8-11)25-16(26)10-29-17(27)9-24-21(28)20-18(23)13-5-3-4-6-15(13)30-20/h3-8H,9-10H2,1-2H3,(H,24,28)(H,25,26). The zero-order valence-corrected chi connectivity index (χ0v) is 18.5. The van der Waals surface area contributed by atoms with E-state index >= 15 is 0 Å². The summed E-state index contributed by atoms with van der Waals surface area (Å²) in [5.74, 6) is -1.76. The fraction of sp³-hybridized carbons (Fsp3) is 0.190. The summed E-state index contributed by atoms with van der Waals surface area (Å²) in [6.45, 7) is 2.82. The molecule has 0 aliphatic heterocycles. The molecule has 0 unspecified atom stereocenters. The smallest absolute Gasteiger partial charge is 0.325 e. The Hall–Kier alpha value is -2.61. The van der Waals surface area contributed by atoms with Gasteiger partial charge < -0.3 is 15.4 Å². The van der Waals surface area contributed by atoms with Crippen molar-refractivity contribution >= 4 is 68.1 Å². The summed E-state index contributed by atoms with van der Waals surface area (Å²) in [6, 6.07) is 11.0. The lowest BCUT2D eigenvalue weighted by Gasteiger charge is -2.12. The molecule has 0 aliphatic carbocycles. The maximum atomic E-state index is 12.3. The van der Waals surface area contributed by atoms with E-state index in [9.17, 15) is 14.4 Å². The number of ether oxygens (including phenoxy) is 1. The molecule has 30 heavy (non-hydrogen) atoms. The van der Waals surface area contributed by atoms with Gasteiger partial charge in [0.05, 0.1) is 15.7 Å². The van der Waals surface area contributed by atoms with Gasteiger partial charge in [0.25, 0.3) is 11.8 Å². The van der Waals surface area contributed by atoms with Crippen LogP contribution in [-0.4, -0.2) is 30.9 Å². The molecular weight excluding hydrogens is 447 g/mol. The lowest BCUT2D eigenvalue weighted by atomic mass is 10.1. The molecule has 0 radical (unpaired) electrons. The molecule has 6 nitrogen and oxygen atoms in total. The van der Waals surface area contributed by atoms with Crippen molar-refractivity contribution in [3.63, 3.8) is 0 Å². The van der Waals surface area contributed by atoms with Gasteiger partial charge in [-0.25, -0.2) is 0 Å². The fourth-order valence-electron chi connectivity index (χ4n) is 2.84. The van der Waals surface area contributed by atoms with E-state index < -0.39 is 24.4 Å². The van der Waals surface area contributed by atoms with Gasteiger partial charge in [0, 0.05) is 10.1 Å². The minimum Gasteiger partial charge on any atom is -0.454 e. The molecule has 0 bridgehead atoms. The van der Waals surface area contributed by atoms with Crippen molar-refractivity contribution in [2.24, 2.45) is 0 Å². The lowest BCUT2D eigenvalue weighted by Crippen LogP contribution is -2.32. The number of benzene rings is 2. The van der Waals surface area contributed by atoms with E-state index in [2.05, 4.69) is 10.6 Å².